The van der Waals surface area contributed by atoms with Crippen molar-refractivity contribution in [2.45, 2.75) is 48.8 Å². The van der Waals surface area contributed by atoms with Gasteiger partial charge in [0.15, 0.2) is 0 Å². The van der Waals surface area contributed by atoms with Gasteiger partial charge in [0.2, 0.25) is 0 Å². The van der Waals surface area contributed by atoms with Crippen LogP contribution in [-0.2, 0) is 14.8 Å². The fraction of sp³-hybridized carbons (Fsp3) is 0.350. The van der Waals surface area contributed by atoms with Crippen LogP contribution in [0.1, 0.15) is 48.1 Å². The van der Waals surface area contributed by atoms with Gasteiger partial charge in [-0.2, -0.15) is 4.72 Å². The standard InChI is InChI=1S/C20H21NO4S2/c1-15-5-7-16(8-6-15)9-10-17-11-12-18(26-17)27(24,25)21-20(19(22)23)13-3-2-4-14-20/h5-8,11-12,21H,2-4,13-14H2,1H3,(H,22,23). The molecule has 0 radical (unpaired) electrons. The number of rotatable bonds is 4. The SMILES string of the molecule is Cc1ccc(C#Cc2ccc(S(=O)(=O)NC3(C(=O)O)CCCCC3)s2)cc1. The van der Waals surface area contributed by atoms with Gasteiger partial charge in [0.05, 0.1) is 4.88 Å². The van der Waals surface area contributed by atoms with E-state index in [0.29, 0.717) is 30.6 Å². The first kappa shape index (κ1) is 19.6. The molecule has 0 bridgehead atoms. The van der Waals surface area contributed by atoms with E-state index in [4.69, 9.17) is 0 Å². The molecule has 2 aromatic rings. The highest BCUT2D eigenvalue weighted by Gasteiger charge is 2.43. The highest BCUT2D eigenvalue weighted by Crippen LogP contribution is 2.31. The Kier molecular flexibility index (Phi) is 5.70. The monoisotopic (exact) mass is 403 g/mol. The molecule has 7 heteroatoms. The molecule has 2 N–H and O–H groups in total. The van der Waals surface area contributed by atoms with Gasteiger partial charge in [-0.3, -0.25) is 4.79 Å². The van der Waals surface area contributed by atoms with Crippen molar-refractivity contribution in [2.75, 3.05) is 0 Å². The van der Waals surface area contributed by atoms with Crippen LogP contribution in [0, 0.1) is 18.8 Å². The fourth-order valence-corrected chi connectivity index (χ4v) is 5.70. The molecule has 1 aliphatic carbocycles. The third-order valence-electron chi connectivity index (χ3n) is 4.67. The summed E-state index contributed by atoms with van der Waals surface area (Å²) >= 11 is 1.04. The zero-order chi connectivity index (χ0) is 19.5. The van der Waals surface area contributed by atoms with E-state index in [9.17, 15) is 18.3 Å². The molecule has 0 unspecified atom stereocenters. The number of aryl methyl sites for hydroxylation is 1. The predicted molar refractivity (Wildman–Crippen MR) is 105 cm³/mol. The highest BCUT2D eigenvalue weighted by molar-refractivity contribution is 7.91. The molecule has 27 heavy (non-hydrogen) atoms. The molecule has 142 valence electrons. The molecule has 1 aromatic heterocycles. The molecule has 0 spiro atoms. The quantitative estimate of drug-likeness (QED) is 0.765. The Morgan fingerprint density at radius 2 is 1.74 bits per heavy atom. The maximum atomic E-state index is 12.7. The van der Waals surface area contributed by atoms with Gasteiger partial charge in [0, 0.05) is 5.56 Å². The Bertz CT molecular complexity index is 989. The molecule has 3 rings (SSSR count). The van der Waals surface area contributed by atoms with Crippen molar-refractivity contribution in [1.82, 2.24) is 4.72 Å². The average Bonchev–Trinajstić information content (AvgIpc) is 3.12. The number of benzene rings is 1. The van der Waals surface area contributed by atoms with E-state index in [1.54, 1.807) is 6.07 Å². The molecule has 1 aliphatic rings. The lowest BCUT2D eigenvalue weighted by atomic mass is 9.83. The molecular formula is C20H21NO4S2. The van der Waals surface area contributed by atoms with Gasteiger partial charge >= 0.3 is 5.97 Å². The van der Waals surface area contributed by atoms with Gasteiger partial charge in [-0.15, -0.1) is 11.3 Å². The molecule has 0 aliphatic heterocycles. The van der Waals surface area contributed by atoms with Crippen LogP contribution in [0.15, 0.2) is 40.6 Å². The lowest BCUT2D eigenvalue weighted by molar-refractivity contribution is -0.145. The normalized spacial score (nSPS) is 16.3. The second kappa shape index (κ2) is 7.85. The molecule has 1 saturated carbocycles. The number of carbonyl (C=O) groups is 1. The van der Waals surface area contributed by atoms with Crippen LogP contribution in [0.4, 0.5) is 0 Å². The number of aliphatic carboxylic acids is 1. The van der Waals surface area contributed by atoms with Crippen LogP contribution in [-0.4, -0.2) is 25.0 Å². The van der Waals surface area contributed by atoms with E-state index in [-0.39, 0.29) is 4.21 Å². The second-order valence-electron chi connectivity index (χ2n) is 6.79. The number of sulfonamides is 1. The predicted octanol–water partition coefficient (Wildman–Crippen LogP) is 3.52. The summed E-state index contributed by atoms with van der Waals surface area (Å²) in [5.41, 5.74) is 0.587. The van der Waals surface area contributed by atoms with Crippen molar-refractivity contribution in [1.29, 1.82) is 0 Å². The number of thiophene rings is 1. The Balaban J connectivity index is 1.80. The van der Waals surface area contributed by atoms with E-state index < -0.39 is 21.5 Å². The first-order valence-corrected chi connectivity index (χ1v) is 11.1. The minimum atomic E-state index is -3.91. The van der Waals surface area contributed by atoms with Crippen LogP contribution in [0.2, 0.25) is 0 Å². The first-order valence-electron chi connectivity index (χ1n) is 8.77. The third kappa shape index (κ3) is 4.59. The van der Waals surface area contributed by atoms with E-state index in [0.717, 1.165) is 28.9 Å². The molecule has 1 fully saturated rings. The Hall–Kier alpha value is -2.14. The van der Waals surface area contributed by atoms with Crippen molar-refractivity contribution >= 4 is 27.3 Å². The summed E-state index contributed by atoms with van der Waals surface area (Å²) in [4.78, 5) is 12.3. The average molecular weight is 404 g/mol. The van der Waals surface area contributed by atoms with E-state index in [2.05, 4.69) is 16.6 Å². The molecular weight excluding hydrogens is 382 g/mol. The number of hydrogen-bond acceptors (Lipinski definition) is 4. The summed E-state index contributed by atoms with van der Waals surface area (Å²) < 4.78 is 28.0. The second-order valence-corrected chi connectivity index (χ2v) is 9.78. The zero-order valence-electron chi connectivity index (χ0n) is 15.0. The summed E-state index contributed by atoms with van der Waals surface area (Å²) in [6, 6.07) is 10.9. The highest BCUT2D eigenvalue weighted by atomic mass is 32.2. The van der Waals surface area contributed by atoms with Gasteiger partial charge < -0.3 is 5.11 Å². The van der Waals surface area contributed by atoms with Gasteiger partial charge in [-0.1, -0.05) is 48.8 Å². The number of nitrogens with one attached hydrogen (secondary N) is 1. The summed E-state index contributed by atoms with van der Waals surface area (Å²) in [7, 11) is -3.91. The van der Waals surface area contributed by atoms with Gasteiger partial charge in [0.1, 0.15) is 9.75 Å². The van der Waals surface area contributed by atoms with Gasteiger partial charge in [-0.25, -0.2) is 8.42 Å². The molecule has 0 atom stereocenters. The maximum Gasteiger partial charge on any atom is 0.324 e. The summed E-state index contributed by atoms with van der Waals surface area (Å²) in [6.07, 6.45) is 2.95. The van der Waals surface area contributed by atoms with Crippen molar-refractivity contribution < 1.29 is 18.3 Å². The fourth-order valence-electron chi connectivity index (χ4n) is 3.12. The minimum Gasteiger partial charge on any atom is -0.480 e. The molecule has 1 heterocycles. The third-order valence-corrected chi connectivity index (χ3v) is 7.70. The number of carboxylic acids is 1. The first-order chi connectivity index (χ1) is 12.8. The smallest absolute Gasteiger partial charge is 0.324 e. The van der Waals surface area contributed by atoms with Crippen LogP contribution >= 0.6 is 11.3 Å². The lowest BCUT2D eigenvalue weighted by Crippen LogP contribution is -2.55. The minimum absolute atomic E-state index is 0.0851. The molecule has 0 amide bonds. The summed E-state index contributed by atoms with van der Waals surface area (Å²) in [5.74, 6) is 4.87. The van der Waals surface area contributed by atoms with Crippen molar-refractivity contribution in [3.05, 3.63) is 52.4 Å². The van der Waals surface area contributed by atoms with Crippen molar-refractivity contribution in [3.63, 3.8) is 0 Å². The Morgan fingerprint density at radius 3 is 2.37 bits per heavy atom. The lowest BCUT2D eigenvalue weighted by Gasteiger charge is -2.33. The Labute approximate surface area is 163 Å². The largest absolute Gasteiger partial charge is 0.480 e. The molecule has 5 nitrogen and oxygen atoms in total. The molecule has 0 saturated heterocycles. The van der Waals surface area contributed by atoms with E-state index >= 15 is 0 Å². The Morgan fingerprint density at radius 1 is 1.07 bits per heavy atom. The summed E-state index contributed by atoms with van der Waals surface area (Å²) in [6.45, 7) is 2.00. The topological polar surface area (TPSA) is 83.5 Å². The van der Waals surface area contributed by atoms with E-state index in [1.807, 2.05) is 31.2 Å². The van der Waals surface area contributed by atoms with Gasteiger partial charge in [-0.05, 0) is 44.0 Å². The van der Waals surface area contributed by atoms with Crippen molar-refractivity contribution in [3.8, 4) is 11.8 Å². The number of hydrogen-bond donors (Lipinski definition) is 2. The maximum absolute atomic E-state index is 12.7. The van der Waals surface area contributed by atoms with Crippen LogP contribution in [0.25, 0.3) is 0 Å². The van der Waals surface area contributed by atoms with Crippen molar-refractivity contribution in [2.24, 2.45) is 0 Å². The van der Waals surface area contributed by atoms with E-state index in [1.165, 1.54) is 6.07 Å². The summed E-state index contributed by atoms with van der Waals surface area (Å²) in [5, 5.41) is 9.59. The van der Waals surface area contributed by atoms with Crippen LogP contribution < -0.4 is 4.72 Å². The van der Waals surface area contributed by atoms with Gasteiger partial charge in [0.25, 0.3) is 10.0 Å². The van der Waals surface area contributed by atoms with Crippen LogP contribution in [0.5, 0.6) is 0 Å². The van der Waals surface area contributed by atoms with Crippen LogP contribution in [0.3, 0.4) is 0 Å². The zero-order valence-corrected chi connectivity index (χ0v) is 16.6. The number of carboxylic acid groups (broad SMARTS) is 1. The molecule has 1 aromatic carbocycles.